The van der Waals surface area contributed by atoms with Crippen LogP contribution in [0.4, 0.5) is 0 Å². The molecule has 14 N–H and O–H groups in total. The van der Waals surface area contributed by atoms with Crippen molar-refractivity contribution in [2.45, 2.75) is 6.10 Å². The number of rotatable bonds is 2. The SMILES string of the molecule is N.N.N.O=C(O)C(O)CCl.O=P(O)(O)O. The molecule has 0 radical (unpaired) electrons. The highest BCUT2D eigenvalue weighted by molar-refractivity contribution is 7.45. The zero-order valence-corrected chi connectivity index (χ0v) is 9.43. The van der Waals surface area contributed by atoms with Gasteiger partial charge in [-0.2, -0.15) is 0 Å². The van der Waals surface area contributed by atoms with E-state index in [1.165, 1.54) is 0 Å². The summed E-state index contributed by atoms with van der Waals surface area (Å²) < 4.78 is 8.88. The average molecular weight is 274 g/mol. The maximum atomic E-state index is 9.60. The van der Waals surface area contributed by atoms with E-state index < -0.39 is 19.9 Å². The molecule has 0 aromatic carbocycles. The van der Waals surface area contributed by atoms with Crippen LogP contribution in [0.1, 0.15) is 0 Å². The number of hydrogen-bond acceptors (Lipinski definition) is 6. The van der Waals surface area contributed by atoms with Crippen LogP contribution >= 0.6 is 19.4 Å². The summed E-state index contributed by atoms with van der Waals surface area (Å²) in [5.74, 6) is -1.54. The zero-order chi connectivity index (χ0) is 10.4. The Bertz CT molecular complexity index is 178. The minimum absolute atomic E-state index is 0. The molecule has 0 aromatic rings. The van der Waals surface area contributed by atoms with Gasteiger partial charge in [-0.15, -0.1) is 11.6 Å². The standard InChI is InChI=1S/C3H5ClO3.3H3N.H3O4P/c4-1-2(5)3(6)7;;;;1-5(2,3)4/h2,5H,1H2,(H,6,7);3*1H3;(H3,1,2,3,4). The number of phosphoric acid groups is 1. The van der Waals surface area contributed by atoms with Crippen molar-refractivity contribution in [2.24, 2.45) is 0 Å². The highest BCUT2D eigenvalue weighted by Gasteiger charge is 2.08. The van der Waals surface area contributed by atoms with E-state index in [4.69, 9.17) is 41.1 Å². The van der Waals surface area contributed by atoms with Crippen LogP contribution in [0.3, 0.4) is 0 Å². The van der Waals surface area contributed by atoms with E-state index in [1.54, 1.807) is 0 Å². The van der Waals surface area contributed by atoms with E-state index in [0.29, 0.717) is 0 Å². The molecule has 0 aromatic heterocycles. The van der Waals surface area contributed by atoms with E-state index in [0.717, 1.165) is 0 Å². The first-order valence-electron chi connectivity index (χ1n) is 2.43. The highest BCUT2D eigenvalue weighted by Crippen LogP contribution is 2.25. The normalized spacial score (nSPS) is 10.2. The maximum absolute atomic E-state index is 9.60. The molecule has 0 saturated carbocycles. The molecule has 0 aliphatic rings. The predicted molar refractivity (Wildman–Crippen MR) is 53.7 cm³/mol. The molecule has 0 bridgehead atoms. The summed E-state index contributed by atoms with van der Waals surface area (Å²) >= 11 is 4.92. The fourth-order valence-electron chi connectivity index (χ4n) is 0.0660. The molecule has 0 saturated heterocycles. The van der Waals surface area contributed by atoms with E-state index in [-0.39, 0.29) is 24.3 Å². The summed E-state index contributed by atoms with van der Waals surface area (Å²) in [5, 5.41) is 16.1. The minimum atomic E-state index is -4.64. The van der Waals surface area contributed by atoms with Crippen molar-refractivity contribution in [3.05, 3.63) is 0 Å². The molecule has 0 amide bonds. The lowest BCUT2D eigenvalue weighted by Gasteiger charge is -1.94. The summed E-state index contributed by atoms with van der Waals surface area (Å²) in [7, 11) is -4.64. The number of aliphatic hydroxyl groups excluding tert-OH is 1. The Labute approximate surface area is 90.9 Å². The predicted octanol–water partition coefficient (Wildman–Crippen LogP) is -0.772. The number of carboxylic acids is 1. The third-order valence-electron chi connectivity index (χ3n) is 0.431. The van der Waals surface area contributed by atoms with Gasteiger partial charge in [0.15, 0.2) is 6.10 Å². The molecule has 1 atom stereocenters. The first kappa shape index (κ1) is 29.3. The topological polar surface area (TPSA) is 240 Å². The summed E-state index contributed by atoms with van der Waals surface area (Å²) in [6.07, 6.45) is -1.42. The van der Waals surface area contributed by atoms with Gasteiger partial charge in [0.1, 0.15) is 0 Å². The summed E-state index contributed by atoms with van der Waals surface area (Å²) in [6.45, 7) is 0. The molecule has 0 spiro atoms. The Hall–Kier alpha value is -0.290. The van der Waals surface area contributed by atoms with Crippen LogP contribution in [0, 0.1) is 0 Å². The molecule has 0 rings (SSSR count). The van der Waals surface area contributed by atoms with Gasteiger partial charge in [-0.3, -0.25) is 0 Å². The van der Waals surface area contributed by atoms with Crippen molar-refractivity contribution in [1.82, 2.24) is 18.5 Å². The lowest BCUT2D eigenvalue weighted by molar-refractivity contribution is -0.145. The fraction of sp³-hybridized carbons (Fsp3) is 0.667. The Morgan fingerprint density at radius 2 is 1.40 bits per heavy atom. The van der Waals surface area contributed by atoms with E-state index >= 15 is 0 Å². The van der Waals surface area contributed by atoms with Crippen molar-refractivity contribution in [2.75, 3.05) is 5.88 Å². The second-order valence-corrected chi connectivity index (χ2v) is 2.86. The molecule has 0 fully saturated rings. The maximum Gasteiger partial charge on any atom is 0.466 e. The number of carbonyl (C=O) groups is 1. The highest BCUT2D eigenvalue weighted by atomic mass is 35.5. The van der Waals surface area contributed by atoms with Gasteiger partial charge in [-0.25, -0.2) is 9.36 Å². The Morgan fingerprint density at radius 3 is 1.40 bits per heavy atom. The van der Waals surface area contributed by atoms with E-state index in [1.807, 2.05) is 0 Å². The van der Waals surface area contributed by atoms with Gasteiger partial charge in [-0.1, -0.05) is 0 Å². The van der Waals surface area contributed by atoms with Gasteiger partial charge in [0, 0.05) is 0 Å². The number of hydrogen-bond donors (Lipinski definition) is 8. The number of carboxylic acid groups (broad SMARTS) is 1. The molecule has 98 valence electrons. The van der Waals surface area contributed by atoms with Crippen LogP contribution in [0.15, 0.2) is 0 Å². The Kier molecular flexibility index (Phi) is 26.8. The van der Waals surface area contributed by atoms with Crippen LogP contribution in [0.2, 0.25) is 0 Å². The number of alkyl halides is 1. The third kappa shape index (κ3) is 57.7. The van der Waals surface area contributed by atoms with Crippen LogP contribution < -0.4 is 18.5 Å². The smallest absolute Gasteiger partial charge is 0.466 e. The third-order valence-corrected chi connectivity index (χ3v) is 0.724. The summed E-state index contributed by atoms with van der Waals surface area (Å²) in [4.78, 5) is 31.2. The van der Waals surface area contributed by atoms with Crippen molar-refractivity contribution < 1.29 is 34.3 Å². The average Bonchev–Trinajstić information content (AvgIpc) is 1.82. The minimum Gasteiger partial charge on any atom is -0.479 e. The lowest BCUT2D eigenvalue weighted by Crippen LogP contribution is -2.20. The van der Waals surface area contributed by atoms with E-state index in [9.17, 15) is 4.79 Å². The van der Waals surface area contributed by atoms with Crippen LogP contribution in [-0.4, -0.2) is 42.8 Å². The number of halogens is 1. The van der Waals surface area contributed by atoms with Crippen LogP contribution in [-0.2, 0) is 9.36 Å². The molecule has 1 unspecified atom stereocenters. The van der Waals surface area contributed by atoms with Gasteiger partial charge in [0.05, 0.1) is 5.88 Å². The first-order valence-corrected chi connectivity index (χ1v) is 4.53. The second-order valence-electron chi connectivity index (χ2n) is 1.52. The van der Waals surface area contributed by atoms with Gasteiger partial charge >= 0.3 is 13.8 Å². The molecule has 0 aliphatic heterocycles. The molecular weight excluding hydrogens is 256 g/mol. The van der Waals surface area contributed by atoms with Crippen LogP contribution in [0.5, 0.6) is 0 Å². The fourth-order valence-corrected chi connectivity index (χ4v) is 0.198. The van der Waals surface area contributed by atoms with Crippen molar-refractivity contribution in [1.29, 1.82) is 0 Å². The largest absolute Gasteiger partial charge is 0.479 e. The summed E-state index contributed by atoms with van der Waals surface area (Å²) in [5.41, 5.74) is 0. The van der Waals surface area contributed by atoms with Gasteiger partial charge in [-0.05, 0) is 0 Å². The summed E-state index contributed by atoms with van der Waals surface area (Å²) in [6, 6.07) is 0. The molecule has 0 heterocycles. The first-order chi connectivity index (χ1) is 5.18. The molecule has 10 nitrogen and oxygen atoms in total. The van der Waals surface area contributed by atoms with Gasteiger partial charge < -0.3 is 43.3 Å². The van der Waals surface area contributed by atoms with Gasteiger partial charge in [0.25, 0.3) is 0 Å². The molecule has 0 aliphatic carbocycles. The van der Waals surface area contributed by atoms with Crippen molar-refractivity contribution in [3.8, 4) is 0 Å². The second kappa shape index (κ2) is 13.7. The zero-order valence-electron chi connectivity index (χ0n) is 7.78. The lowest BCUT2D eigenvalue weighted by atomic mass is 10.4. The Balaban J connectivity index is -0.0000000383. The van der Waals surface area contributed by atoms with E-state index in [2.05, 4.69) is 0 Å². The molecule has 12 heteroatoms. The van der Waals surface area contributed by atoms with Gasteiger partial charge in [0.2, 0.25) is 0 Å². The molecule has 15 heavy (non-hydrogen) atoms. The van der Waals surface area contributed by atoms with Crippen molar-refractivity contribution >= 4 is 25.4 Å². The van der Waals surface area contributed by atoms with Crippen LogP contribution in [0.25, 0.3) is 0 Å². The molecular formula is C3H17ClN3O7P. The van der Waals surface area contributed by atoms with Crippen molar-refractivity contribution in [3.63, 3.8) is 0 Å². The number of aliphatic carboxylic acids is 1. The quantitative estimate of drug-likeness (QED) is 0.230. The number of aliphatic hydroxyl groups is 1. The Morgan fingerprint density at radius 1 is 1.20 bits per heavy atom. The monoisotopic (exact) mass is 273 g/mol.